The predicted molar refractivity (Wildman–Crippen MR) is 87.7 cm³/mol. The number of likely N-dealkylation sites (tertiary alicyclic amines) is 1. The van der Waals surface area contributed by atoms with Crippen LogP contribution in [-0.2, 0) is 13.0 Å². The Morgan fingerprint density at radius 3 is 2.74 bits per heavy atom. The average Bonchev–Trinajstić information content (AvgIpc) is 2.95. The molecule has 2 atom stereocenters. The number of nitrogens with zero attached hydrogens (tertiary/aromatic N) is 2. The molecule has 2 heterocycles. The van der Waals surface area contributed by atoms with Crippen LogP contribution < -0.4 is 5.32 Å². The van der Waals surface area contributed by atoms with E-state index in [1.54, 1.807) is 17.3 Å². The van der Waals surface area contributed by atoms with Crippen LogP contribution in [0, 0.1) is 0 Å². The molecule has 0 radical (unpaired) electrons. The number of rotatable bonds is 4. The highest BCUT2D eigenvalue weighted by atomic mass is 16.3. The minimum atomic E-state index is -0.488. The second-order valence-corrected chi connectivity index (χ2v) is 5.83. The van der Waals surface area contributed by atoms with Crippen LogP contribution in [0.1, 0.15) is 17.5 Å². The fraction of sp³-hybridized carbons (Fsp3) is 0.333. The summed E-state index contributed by atoms with van der Waals surface area (Å²) in [6.07, 6.45) is 4.25. The van der Waals surface area contributed by atoms with Crippen molar-refractivity contribution >= 4 is 6.03 Å². The molecule has 0 saturated carbocycles. The van der Waals surface area contributed by atoms with Crippen LogP contribution in [0.15, 0.2) is 54.9 Å². The van der Waals surface area contributed by atoms with E-state index in [9.17, 15) is 9.90 Å². The molecule has 23 heavy (non-hydrogen) atoms. The van der Waals surface area contributed by atoms with E-state index in [1.165, 1.54) is 0 Å². The molecule has 0 spiro atoms. The lowest BCUT2D eigenvalue weighted by atomic mass is 10.0. The summed E-state index contributed by atoms with van der Waals surface area (Å²) in [4.78, 5) is 18.3. The Hall–Kier alpha value is -2.40. The Balaban J connectivity index is 1.62. The molecule has 1 aliphatic heterocycles. The Kier molecular flexibility index (Phi) is 4.88. The van der Waals surface area contributed by atoms with Crippen molar-refractivity contribution in [3.63, 3.8) is 0 Å². The minimum absolute atomic E-state index is 0.126. The monoisotopic (exact) mass is 311 g/mol. The molecule has 2 aromatic rings. The van der Waals surface area contributed by atoms with Crippen molar-refractivity contribution in [2.45, 2.75) is 31.5 Å². The number of carbonyl (C=O) groups is 1. The third kappa shape index (κ3) is 3.87. The number of hydrogen-bond donors (Lipinski definition) is 2. The van der Waals surface area contributed by atoms with E-state index < -0.39 is 6.10 Å². The van der Waals surface area contributed by atoms with Gasteiger partial charge in [0.1, 0.15) is 0 Å². The number of aliphatic hydroxyl groups is 1. The van der Waals surface area contributed by atoms with Crippen LogP contribution >= 0.6 is 0 Å². The third-order valence-corrected chi connectivity index (χ3v) is 4.23. The number of carbonyl (C=O) groups excluding carboxylic acids is 1. The maximum Gasteiger partial charge on any atom is 0.318 e. The van der Waals surface area contributed by atoms with Crippen LogP contribution in [0.2, 0.25) is 0 Å². The van der Waals surface area contributed by atoms with Crippen molar-refractivity contribution in [1.82, 2.24) is 15.2 Å². The summed E-state index contributed by atoms with van der Waals surface area (Å²) in [6, 6.07) is 13.3. The van der Waals surface area contributed by atoms with Crippen molar-refractivity contribution in [3.8, 4) is 0 Å². The van der Waals surface area contributed by atoms with E-state index in [4.69, 9.17) is 0 Å². The molecule has 0 aliphatic carbocycles. The smallest absolute Gasteiger partial charge is 0.318 e. The van der Waals surface area contributed by atoms with Crippen LogP contribution in [0.5, 0.6) is 0 Å². The molecule has 0 unspecified atom stereocenters. The van der Waals surface area contributed by atoms with Gasteiger partial charge in [-0.15, -0.1) is 0 Å². The maximum atomic E-state index is 12.5. The van der Waals surface area contributed by atoms with Gasteiger partial charge in [0, 0.05) is 25.5 Å². The lowest BCUT2D eigenvalue weighted by Gasteiger charge is -2.26. The van der Waals surface area contributed by atoms with Gasteiger partial charge in [-0.3, -0.25) is 4.98 Å². The first-order valence-electron chi connectivity index (χ1n) is 7.89. The molecule has 2 amide bonds. The number of benzene rings is 1. The molecule has 1 fully saturated rings. The second-order valence-electron chi connectivity index (χ2n) is 5.83. The molecule has 0 bridgehead atoms. The number of amides is 2. The van der Waals surface area contributed by atoms with Crippen molar-refractivity contribution < 1.29 is 9.90 Å². The summed E-state index contributed by atoms with van der Waals surface area (Å²) < 4.78 is 0. The van der Waals surface area contributed by atoms with Crippen molar-refractivity contribution in [1.29, 1.82) is 0 Å². The Morgan fingerprint density at radius 1 is 1.22 bits per heavy atom. The first kappa shape index (κ1) is 15.5. The van der Waals surface area contributed by atoms with Gasteiger partial charge in [0.05, 0.1) is 12.1 Å². The fourth-order valence-electron chi connectivity index (χ4n) is 2.97. The highest BCUT2D eigenvalue weighted by molar-refractivity contribution is 5.75. The fourth-order valence-corrected chi connectivity index (χ4v) is 2.97. The van der Waals surface area contributed by atoms with E-state index >= 15 is 0 Å². The van der Waals surface area contributed by atoms with Gasteiger partial charge in [0.25, 0.3) is 0 Å². The van der Waals surface area contributed by atoms with Crippen molar-refractivity contribution in [2.75, 3.05) is 6.54 Å². The topological polar surface area (TPSA) is 65.5 Å². The highest BCUT2D eigenvalue weighted by Crippen LogP contribution is 2.21. The first-order valence-corrected chi connectivity index (χ1v) is 7.89. The third-order valence-electron chi connectivity index (χ3n) is 4.23. The normalized spacial score (nSPS) is 20.5. The summed E-state index contributed by atoms with van der Waals surface area (Å²) in [6.45, 7) is 1.07. The van der Waals surface area contributed by atoms with E-state index in [-0.39, 0.29) is 12.1 Å². The lowest BCUT2D eigenvalue weighted by Crippen LogP contribution is -2.46. The molecule has 5 nitrogen and oxygen atoms in total. The molecular formula is C18H21N3O2. The number of aromatic nitrogens is 1. The predicted octanol–water partition coefficient (Wildman–Crippen LogP) is 1.97. The summed E-state index contributed by atoms with van der Waals surface area (Å²) in [7, 11) is 0. The van der Waals surface area contributed by atoms with Crippen LogP contribution in [-0.4, -0.2) is 39.7 Å². The maximum absolute atomic E-state index is 12.5. The Labute approximate surface area is 136 Å². The molecule has 3 rings (SSSR count). The largest absolute Gasteiger partial charge is 0.391 e. The molecule has 5 heteroatoms. The molecule has 1 aromatic heterocycles. The van der Waals surface area contributed by atoms with E-state index in [0.717, 1.165) is 11.1 Å². The van der Waals surface area contributed by atoms with Crippen LogP contribution in [0.4, 0.5) is 4.79 Å². The number of hydrogen-bond acceptors (Lipinski definition) is 3. The first-order chi connectivity index (χ1) is 11.2. The second kappa shape index (κ2) is 7.24. The summed E-state index contributed by atoms with van der Waals surface area (Å²) >= 11 is 0. The van der Waals surface area contributed by atoms with Gasteiger partial charge in [0.2, 0.25) is 0 Å². The lowest BCUT2D eigenvalue weighted by molar-refractivity contribution is 0.122. The average molecular weight is 311 g/mol. The summed E-state index contributed by atoms with van der Waals surface area (Å²) in [5.74, 6) is 0. The highest BCUT2D eigenvalue weighted by Gasteiger charge is 2.35. The SMILES string of the molecule is O=C(NCc1ccccc1)N1CC[C@@H](O)[C@H]1Cc1cccnc1. The van der Waals surface area contributed by atoms with Crippen molar-refractivity contribution in [2.24, 2.45) is 0 Å². The van der Waals surface area contributed by atoms with E-state index in [2.05, 4.69) is 10.3 Å². The quantitative estimate of drug-likeness (QED) is 0.907. The molecule has 1 aliphatic rings. The minimum Gasteiger partial charge on any atom is -0.391 e. The number of nitrogens with one attached hydrogen (secondary N) is 1. The zero-order chi connectivity index (χ0) is 16.1. The zero-order valence-electron chi connectivity index (χ0n) is 12.9. The summed E-state index contributed by atoms with van der Waals surface area (Å²) in [5, 5.41) is 13.2. The molecule has 2 N–H and O–H groups in total. The molecule has 1 aromatic carbocycles. The van der Waals surface area contributed by atoms with Crippen LogP contribution in [0.25, 0.3) is 0 Å². The Bertz CT molecular complexity index is 633. The van der Waals surface area contributed by atoms with Crippen LogP contribution in [0.3, 0.4) is 0 Å². The standard InChI is InChI=1S/C18H21N3O2/c22-17-8-10-21(16(17)11-15-7-4-9-19-12-15)18(23)20-13-14-5-2-1-3-6-14/h1-7,9,12,16-17,22H,8,10-11,13H2,(H,20,23)/t16-,17-/m1/s1. The molecular weight excluding hydrogens is 290 g/mol. The van der Waals surface area contributed by atoms with Gasteiger partial charge in [-0.05, 0) is 30.0 Å². The molecule has 120 valence electrons. The zero-order valence-corrected chi connectivity index (χ0v) is 12.9. The van der Waals surface area contributed by atoms with Gasteiger partial charge >= 0.3 is 6.03 Å². The van der Waals surface area contributed by atoms with Gasteiger partial charge in [-0.2, -0.15) is 0 Å². The van der Waals surface area contributed by atoms with Gasteiger partial charge < -0.3 is 15.3 Å². The van der Waals surface area contributed by atoms with Gasteiger partial charge in [-0.25, -0.2) is 4.79 Å². The van der Waals surface area contributed by atoms with Gasteiger partial charge in [0.15, 0.2) is 0 Å². The van der Waals surface area contributed by atoms with E-state index in [1.807, 2.05) is 42.5 Å². The number of aliphatic hydroxyl groups excluding tert-OH is 1. The van der Waals surface area contributed by atoms with Crippen molar-refractivity contribution in [3.05, 3.63) is 66.0 Å². The van der Waals surface area contributed by atoms with E-state index in [0.29, 0.717) is 25.9 Å². The number of urea groups is 1. The Morgan fingerprint density at radius 2 is 2.00 bits per heavy atom. The van der Waals surface area contributed by atoms with Gasteiger partial charge in [-0.1, -0.05) is 36.4 Å². The molecule has 1 saturated heterocycles. The summed E-state index contributed by atoms with van der Waals surface area (Å²) in [5.41, 5.74) is 2.09. The number of pyridine rings is 1.